The van der Waals surface area contributed by atoms with E-state index in [1.165, 1.54) is 6.42 Å². The monoisotopic (exact) mass is 159 g/mol. The van der Waals surface area contributed by atoms with Crippen LogP contribution in [0.4, 0.5) is 0 Å². The summed E-state index contributed by atoms with van der Waals surface area (Å²) >= 11 is 0. The van der Waals surface area contributed by atoms with Crippen LogP contribution in [0.25, 0.3) is 0 Å². The molecule has 0 fully saturated rings. The fourth-order valence-electron chi connectivity index (χ4n) is 0.709. The first-order chi connectivity index (χ1) is 5.31. The highest BCUT2D eigenvalue weighted by Gasteiger charge is 1.99. The van der Waals surface area contributed by atoms with Crippen LogP contribution in [0.3, 0.4) is 0 Å². The van der Waals surface area contributed by atoms with Gasteiger partial charge in [0, 0.05) is 6.61 Å². The molecule has 2 heteroatoms. The molecule has 0 heterocycles. The summed E-state index contributed by atoms with van der Waals surface area (Å²) in [5.41, 5.74) is 0. The van der Waals surface area contributed by atoms with Gasteiger partial charge in [0.05, 0.1) is 19.3 Å². The Hall–Kier alpha value is -0.0800. The quantitative estimate of drug-likeness (QED) is 0.531. The molecule has 0 aromatic carbocycles. The number of hydrogen-bond donors (Lipinski definition) is 0. The summed E-state index contributed by atoms with van der Waals surface area (Å²) in [6.07, 6.45) is 2.55. The molecule has 67 valence electrons. The second-order valence-corrected chi connectivity index (χ2v) is 2.60. The van der Waals surface area contributed by atoms with Crippen LogP contribution in [0, 0.1) is 6.61 Å². The van der Waals surface area contributed by atoms with Crippen LogP contribution < -0.4 is 0 Å². The highest BCUT2D eigenvalue weighted by molar-refractivity contribution is 4.48. The van der Waals surface area contributed by atoms with E-state index < -0.39 is 0 Å². The molecule has 0 aliphatic rings. The van der Waals surface area contributed by atoms with Crippen molar-refractivity contribution >= 4 is 0 Å². The van der Waals surface area contributed by atoms with E-state index in [2.05, 4.69) is 6.92 Å². The van der Waals surface area contributed by atoms with Crippen molar-refractivity contribution in [1.29, 1.82) is 0 Å². The van der Waals surface area contributed by atoms with E-state index in [4.69, 9.17) is 9.47 Å². The molecule has 0 saturated carbocycles. The van der Waals surface area contributed by atoms with E-state index in [1.54, 1.807) is 6.61 Å². The normalized spacial score (nSPS) is 13.4. The largest absolute Gasteiger partial charge is 0.376 e. The topological polar surface area (TPSA) is 18.5 Å². The molecule has 0 rings (SSSR count). The van der Waals surface area contributed by atoms with E-state index in [1.807, 2.05) is 13.8 Å². The van der Waals surface area contributed by atoms with Crippen molar-refractivity contribution in [3.63, 3.8) is 0 Å². The average Bonchev–Trinajstić information content (AvgIpc) is 2.01. The number of ether oxygens (including phenoxy) is 2. The Kier molecular flexibility index (Phi) is 7.96. The summed E-state index contributed by atoms with van der Waals surface area (Å²) in [4.78, 5) is 0. The van der Waals surface area contributed by atoms with E-state index in [-0.39, 0.29) is 6.10 Å². The van der Waals surface area contributed by atoms with Gasteiger partial charge in [0.1, 0.15) is 0 Å². The lowest BCUT2D eigenvalue weighted by atomic mass is 10.3. The van der Waals surface area contributed by atoms with Crippen LogP contribution in [0.15, 0.2) is 0 Å². The highest BCUT2D eigenvalue weighted by Crippen LogP contribution is 1.96. The lowest BCUT2D eigenvalue weighted by Gasteiger charge is -2.11. The molecule has 0 amide bonds. The zero-order chi connectivity index (χ0) is 8.53. The van der Waals surface area contributed by atoms with Gasteiger partial charge in [-0.3, -0.25) is 0 Å². The summed E-state index contributed by atoms with van der Waals surface area (Å²) in [5, 5.41) is 0. The van der Waals surface area contributed by atoms with Gasteiger partial charge in [0.2, 0.25) is 0 Å². The van der Waals surface area contributed by atoms with Crippen LogP contribution >= 0.6 is 0 Å². The summed E-state index contributed by atoms with van der Waals surface area (Å²) in [6.45, 7) is 9.27. The van der Waals surface area contributed by atoms with Gasteiger partial charge in [-0.05, 0) is 20.3 Å². The van der Waals surface area contributed by atoms with Gasteiger partial charge in [-0.2, -0.15) is 0 Å². The van der Waals surface area contributed by atoms with E-state index in [0.717, 1.165) is 13.0 Å². The molecule has 0 N–H and O–H groups in total. The van der Waals surface area contributed by atoms with Crippen molar-refractivity contribution in [1.82, 2.24) is 0 Å². The van der Waals surface area contributed by atoms with Gasteiger partial charge in [0.25, 0.3) is 0 Å². The number of hydrogen-bond acceptors (Lipinski definition) is 2. The first-order valence-corrected chi connectivity index (χ1v) is 4.32. The first-order valence-electron chi connectivity index (χ1n) is 4.32. The van der Waals surface area contributed by atoms with Crippen molar-refractivity contribution in [3.8, 4) is 0 Å². The predicted octanol–water partition coefficient (Wildman–Crippen LogP) is 2.39. The standard InChI is InChI=1S/C9H19O2/c1-4-6-7-11-9(3)8-10-5-2/h5,9H,4,6-8H2,1-3H3. The lowest BCUT2D eigenvalue weighted by molar-refractivity contribution is 0.0101. The Morgan fingerprint density at radius 3 is 2.73 bits per heavy atom. The lowest BCUT2D eigenvalue weighted by Crippen LogP contribution is -2.15. The Labute approximate surface area is 69.9 Å². The molecule has 1 radical (unpaired) electrons. The SMILES string of the molecule is C[CH]OCC(C)OCCCC. The van der Waals surface area contributed by atoms with Crippen LogP contribution in [-0.4, -0.2) is 19.3 Å². The molecule has 0 aromatic heterocycles. The maximum absolute atomic E-state index is 5.44. The van der Waals surface area contributed by atoms with Crippen molar-refractivity contribution in [2.45, 2.75) is 39.7 Å². The fourth-order valence-corrected chi connectivity index (χ4v) is 0.709. The maximum atomic E-state index is 5.44. The zero-order valence-corrected chi connectivity index (χ0v) is 7.80. The molecule has 11 heavy (non-hydrogen) atoms. The minimum atomic E-state index is 0.220. The second-order valence-electron chi connectivity index (χ2n) is 2.60. The predicted molar refractivity (Wildman–Crippen MR) is 46.2 cm³/mol. The van der Waals surface area contributed by atoms with Crippen LogP contribution in [-0.2, 0) is 9.47 Å². The molecule has 2 nitrogen and oxygen atoms in total. The second kappa shape index (κ2) is 8.02. The van der Waals surface area contributed by atoms with Gasteiger partial charge in [-0.25, -0.2) is 0 Å². The van der Waals surface area contributed by atoms with Gasteiger partial charge < -0.3 is 9.47 Å². The van der Waals surface area contributed by atoms with Crippen molar-refractivity contribution in [2.24, 2.45) is 0 Å². The molecule has 0 aliphatic heterocycles. The zero-order valence-electron chi connectivity index (χ0n) is 7.80. The molecule has 1 unspecified atom stereocenters. The van der Waals surface area contributed by atoms with E-state index in [0.29, 0.717) is 6.61 Å². The number of rotatable bonds is 7. The molecular formula is C9H19O2. The Bertz CT molecular complexity index is 74.0. The summed E-state index contributed by atoms with van der Waals surface area (Å²) in [7, 11) is 0. The molecular weight excluding hydrogens is 140 g/mol. The van der Waals surface area contributed by atoms with Crippen molar-refractivity contribution < 1.29 is 9.47 Å². The third kappa shape index (κ3) is 7.82. The Morgan fingerprint density at radius 1 is 1.45 bits per heavy atom. The van der Waals surface area contributed by atoms with Gasteiger partial charge in [-0.15, -0.1) is 0 Å². The van der Waals surface area contributed by atoms with E-state index in [9.17, 15) is 0 Å². The van der Waals surface area contributed by atoms with Gasteiger partial charge in [0.15, 0.2) is 0 Å². The van der Waals surface area contributed by atoms with Gasteiger partial charge in [-0.1, -0.05) is 13.3 Å². The molecule has 0 aliphatic carbocycles. The average molecular weight is 159 g/mol. The minimum absolute atomic E-state index is 0.220. The summed E-state index contributed by atoms with van der Waals surface area (Å²) in [6, 6.07) is 0. The smallest absolute Gasteiger partial charge is 0.0807 e. The van der Waals surface area contributed by atoms with Gasteiger partial charge >= 0.3 is 0 Å². The molecule has 1 atom stereocenters. The van der Waals surface area contributed by atoms with Crippen molar-refractivity contribution in [2.75, 3.05) is 13.2 Å². The molecule has 0 bridgehead atoms. The third-order valence-electron chi connectivity index (χ3n) is 1.40. The molecule has 0 aromatic rings. The minimum Gasteiger partial charge on any atom is -0.376 e. The first kappa shape index (κ1) is 10.9. The molecule has 0 saturated heterocycles. The van der Waals surface area contributed by atoms with Crippen LogP contribution in [0.5, 0.6) is 0 Å². The Morgan fingerprint density at radius 2 is 2.18 bits per heavy atom. The maximum Gasteiger partial charge on any atom is 0.0807 e. The summed E-state index contributed by atoms with van der Waals surface area (Å²) < 4.78 is 10.5. The fraction of sp³-hybridized carbons (Fsp3) is 0.889. The third-order valence-corrected chi connectivity index (χ3v) is 1.40. The van der Waals surface area contributed by atoms with E-state index >= 15 is 0 Å². The molecule has 0 spiro atoms. The van der Waals surface area contributed by atoms with Crippen molar-refractivity contribution in [3.05, 3.63) is 6.61 Å². The van der Waals surface area contributed by atoms with Crippen LogP contribution in [0.2, 0.25) is 0 Å². The summed E-state index contributed by atoms with van der Waals surface area (Å²) in [5.74, 6) is 0. The highest BCUT2D eigenvalue weighted by atomic mass is 16.5. The van der Waals surface area contributed by atoms with Crippen LogP contribution in [0.1, 0.15) is 33.6 Å². The number of unbranched alkanes of at least 4 members (excludes halogenated alkanes) is 1. The Balaban J connectivity index is 3.02.